The molecule has 2 saturated carbocycles. The van der Waals surface area contributed by atoms with Crippen LogP contribution in [0.4, 0.5) is 0 Å². The largest absolute Gasteiger partial charge is 0.393 e. The van der Waals surface area contributed by atoms with Gasteiger partial charge < -0.3 is 5.11 Å². The van der Waals surface area contributed by atoms with E-state index >= 15 is 0 Å². The van der Waals surface area contributed by atoms with Crippen LogP contribution >= 0.6 is 0 Å². The van der Waals surface area contributed by atoms with Crippen LogP contribution in [-0.2, 0) is 4.79 Å². The molecule has 0 spiro atoms. The topological polar surface area (TPSA) is 37.3 Å². The van der Waals surface area contributed by atoms with Gasteiger partial charge in [0.15, 0.2) is 5.78 Å². The summed E-state index contributed by atoms with van der Waals surface area (Å²) in [6.07, 6.45) is 10.4. The van der Waals surface area contributed by atoms with Crippen LogP contribution in [-0.4, -0.2) is 17.0 Å². The minimum Gasteiger partial charge on any atom is -0.393 e. The van der Waals surface area contributed by atoms with Gasteiger partial charge in [-0.25, -0.2) is 0 Å². The van der Waals surface area contributed by atoms with Crippen LogP contribution in [0.25, 0.3) is 0 Å². The van der Waals surface area contributed by atoms with E-state index in [2.05, 4.69) is 20.8 Å². The molecule has 3 aliphatic carbocycles. The molecule has 0 aromatic carbocycles. The number of carbonyl (C=O) groups is 1. The first-order chi connectivity index (χ1) is 11.5. The molecule has 0 amide bonds. The Kier molecular flexibility index (Phi) is 6.70. The number of aliphatic hydroxyl groups is 1. The van der Waals surface area contributed by atoms with E-state index in [1.807, 2.05) is 19.9 Å². The van der Waals surface area contributed by atoms with Gasteiger partial charge in [-0.2, -0.15) is 0 Å². The fraction of sp³-hybridized carbons (Fsp3) is 0.864. The molecule has 2 nitrogen and oxygen atoms in total. The highest BCUT2D eigenvalue weighted by Crippen LogP contribution is 2.58. The lowest BCUT2D eigenvalue weighted by molar-refractivity contribution is -0.117. The van der Waals surface area contributed by atoms with Crippen molar-refractivity contribution in [2.75, 3.05) is 0 Å². The Labute approximate surface area is 149 Å². The van der Waals surface area contributed by atoms with E-state index < -0.39 is 0 Å². The van der Waals surface area contributed by atoms with Crippen molar-refractivity contribution in [2.45, 2.75) is 92.1 Å². The summed E-state index contributed by atoms with van der Waals surface area (Å²) in [7, 11) is 0. The Morgan fingerprint density at radius 3 is 2.50 bits per heavy atom. The fourth-order valence-electron chi connectivity index (χ4n) is 6.20. The van der Waals surface area contributed by atoms with Crippen molar-refractivity contribution in [2.24, 2.45) is 29.1 Å². The lowest BCUT2D eigenvalue weighted by Gasteiger charge is -2.56. The van der Waals surface area contributed by atoms with Crippen molar-refractivity contribution < 1.29 is 9.90 Å². The van der Waals surface area contributed by atoms with Crippen LogP contribution in [0.15, 0.2) is 11.6 Å². The molecule has 3 aliphatic rings. The van der Waals surface area contributed by atoms with E-state index in [4.69, 9.17) is 0 Å². The maximum absolute atomic E-state index is 11.7. The molecule has 0 aliphatic heterocycles. The average molecular weight is 335 g/mol. The molecular weight excluding hydrogens is 296 g/mol. The third-order valence-corrected chi connectivity index (χ3v) is 7.56. The lowest BCUT2D eigenvalue weighted by atomic mass is 9.49. The second-order valence-corrected chi connectivity index (χ2v) is 8.04. The molecule has 24 heavy (non-hydrogen) atoms. The van der Waals surface area contributed by atoms with Crippen molar-refractivity contribution >= 4 is 5.78 Å². The number of hydrogen-bond donors (Lipinski definition) is 1. The van der Waals surface area contributed by atoms with Crippen LogP contribution in [0.2, 0.25) is 0 Å². The summed E-state index contributed by atoms with van der Waals surface area (Å²) in [5, 5.41) is 10.7. The molecular formula is C22H38O2. The van der Waals surface area contributed by atoms with Crippen molar-refractivity contribution in [3.05, 3.63) is 11.6 Å². The minimum absolute atomic E-state index is 0.127. The molecule has 2 heteroatoms. The van der Waals surface area contributed by atoms with Gasteiger partial charge in [0.2, 0.25) is 0 Å². The summed E-state index contributed by atoms with van der Waals surface area (Å²) in [5.41, 5.74) is 1.58. The number of ketones is 1. The van der Waals surface area contributed by atoms with Gasteiger partial charge in [0.05, 0.1) is 6.10 Å². The monoisotopic (exact) mass is 334 g/mol. The maximum Gasteiger partial charge on any atom is 0.155 e. The standard InChI is InChI=1S/C20H32O2.C2H6/c1-4-19(22)20(5-2)11-10-18-16(13(20)3)8-6-14-12-15(21)7-9-17(14)18;1-2/h12-13,16-19,22H,4-11H2,1-3H3;1-2H3. The zero-order valence-electron chi connectivity index (χ0n) is 16.5. The van der Waals surface area contributed by atoms with Gasteiger partial charge >= 0.3 is 0 Å². The van der Waals surface area contributed by atoms with Crippen molar-refractivity contribution in [3.63, 3.8) is 0 Å². The molecule has 0 aromatic rings. The molecule has 6 unspecified atom stereocenters. The predicted octanol–water partition coefficient (Wildman–Crippen LogP) is 5.54. The average Bonchev–Trinajstić information content (AvgIpc) is 2.63. The molecule has 1 N–H and O–H groups in total. The highest BCUT2D eigenvalue weighted by Gasteiger charge is 2.52. The number of fused-ring (bicyclic) bond motifs is 3. The molecule has 0 saturated heterocycles. The summed E-state index contributed by atoms with van der Waals surface area (Å²) in [4.78, 5) is 11.7. The summed E-state index contributed by atoms with van der Waals surface area (Å²) in [6.45, 7) is 10.8. The van der Waals surface area contributed by atoms with Crippen LogP contribution in [0.3, 0.4) is 0 Å². The summed E-state index contributed by atoms with van der Waals surface area (Å²) in [6, 6.07) is 0. The first-order valence-corrected chi connectivity index (χ1v) is 10.4. The number of hydrogen-bond acceptors (Lipinski definition) is 2. The highest BCUT2D eigenvalue weighted by molar-refractivity contribution is 5.91. The van der Waals surface area contributed by atoms with Crippen LogP contribution in [0, 0.1) is 29.1 Å². The zero-order valence-corrected chi connectivity index (χ0v) is 16.5. The summed E-state index contributed by atoms with van der Waals surface area (Å²) < 4.78 is 0. The first kappa shape index (κ1) is 19.7. The molecule has 6 atom stereocenters. The smallest absolute Gasteiger partial charge is 0.155 e. The minimum atomic E-state index is -0.154. The second kappa shape index (κ2) is 8.17. The number of rotatable bonds is 3. The van der Waals surface area contributed by atoms with Gasteiger partial charge in [-0.3, -0.25) is 4.79 Å². The number of carbonyl (C=O) groups excluding carboxylic acids is 1. The molecule has 2 fully saturated rings. The lowest BCUT2D eigenvalue weighted by Crippen LogP contribution is -2.51. The van der Waals surface area contributed by atoms with E-state index in [1.165, 1.54) is 24.8 Å². The van der Waals surface area contributed by atoms with Gasteiger partial charge in [-0.1, -0.05) is 40.2 Å². The van der Waals surface area contributed by atoms with Crippen molar-refractivity contribution in [1.29, 1.82) is 0 Å². The molecule has 3 rings (SSSR count). The van der Waals surface area contributed by atoms with E-state index in [0.29, 0.717) is 17.6 Å². The van der Waals surface area contributed by atoms with Crippen LogP contribution in [0.1, 0.15) is 86.0 Å². The highest BCUT2D eigenvalue weighted by atomic mass is 16.3. The quantitative estimate of drug-likeness (QED) is 0.735. The van der Waals surface area contributed by atoms with E-state index in [0.717, 1.165) is 43.9 Å². The summed E-state index contributed by atoms with van der Waals surface area (Å²) >= 11 is 0. The Morgan fingerprint density at radius 2 is 1.88 bits per heavy atom. The number of aliphatic hydroxyl groups excluding tert-OH is 1. The van der Waals surface area contributed by atoms with Crippen molar-refractivity contribution in [1.82, 2.24) is 0 Å². The van der Waals surface area contributed by atoms with E-state index in [-0.39, 0.29) is 11.5 Å². The van der Waals surface area contributed by atoms with Crippen molar-refractivity contribution in [3.8, 4) is 0 Å². The third kappa shape index (κ3) is 3.23. The zero-order chi connectivity index (χ0) is 17.9. The Hall–Kier alpha value is -0.630. The third-order valence-electron chi connectivity index (χ3n) is 7.56. The van der Waals surface area contributed by atoms with E-state index in [9.17, 15) is 9.90 Å². The summed E-state index contributed by atoms with van der Waals surface area (Å²) in [5.74, 6) is 3.10. The van der Waals surface area contributed by atoms with Gasteiger partial charge in [0.25, 0.3) is 0 Å². The SMILES string of the molecule is CC.CCC(O)C1(CC)CCC2C3CCC(=O)C=C3CCC2C1C. The maximum atomic E-state index is 11.7. The second-order valence-electron chi connectivity index (χ2n) is 8.04. The predicted molar refractivity (Wildman–Crippen MR) is 101 cm³/mol. The molecule has 0 aromatic heterocycles. The number of allylic oxidation sites excluding steroid dienone is 2. The Balaban J connectivity index is 0.00000100. The Morgan fingerprint density at radius 1 is 1.17 bits per heavy atom. The van der Waals surface area contributed by atoms with Gasteiger partial charge in [0.1, 0.15) is 0 Å². The fourth-order valence-corrected chi connectivity index (χ4v) is 6.20. The molecule has 138 valence electrons. The van der Waals surface area contributed by atoms with Gasteiger partial charge in [0, 0.05) is 6.42 Å². The molecule has 0 radical (unpaired) electrons. The van der Waals surface area contributed by atoms with Gasteiger partial charge in [-0.15, -0.1) is 0 Å². The normalized spacial score (nSPS) is 39.8. The van der Waals surface area contributed by atoms with E-state index in [1.54, 1.807) is 0 Å². The first-order valence-electron chi connectivity index (χ1n) is 10.4. The molecule has 0 bridgehead atoms. The van der Waals surface area contributed by atoms with Crippen LogP contribution in [0.5, 0.6) is 0 Å². The Bertz CT molecular complexity index is 467. The van der Waals surface area contributed by atoms with Gasteiger partial charge in [-0.05, 0) is 80.1 Å². The van der Waals surface area contributed by atoms with Crippen LogP contribution < -0.4 is 0 Å². The molecule has 0 heterocycles.